The maximum Gasteiger partial charge on any atom is 0.266 e. The van der Waals surface area contributed by atoms with Gasteiger partial charge in [0.25, 0.3) is 17.4 Å². The van der Waals surface area contributed by atoms with Crippen LogP contribution in [0.3, 0.4) is 0 Å². The van der Waals surface area contributed by atoms with E-state index in [0.29, 0.717) is 28.4 Å². The molecule has 0 fully saturated rings. The highest BCUT2D eigenvalue weighted by Gasteiger charge is 2.44. The number of fused-ring (bicyclic) bond motifs is 1. The third-order valence-electron chi connectivity index (χ3n) is 10.6. The smallest absolute Gasteiger partial charge is 0.266 e. The van der Waals surface area contributed by atoms with Crippen LogP contribution in [-0.4, -0.2) is 47.4 Å². The minimum atomic E-state index is -1.39. The summed E-state index contributed by atoms with van der Waals surface area (Å²) in [5.74, 6) is -3.58. The average Bonchev–Trinajstić information content (AvgIpc) is 3.62. The highest BCUT2D eigenvalue weighted by atomic mass is 16.2. The molecule has 2 heterocycles. The highest BCUT2D eigenvalue weighted by Crippen LogP contribution is 2.46. The Morgan fingerprint density at radius 1 is 0.755 bits per heavy atom. The standard InChI is InChI=1S/C40H32N4O5/c1-18-19(2)21(4)34(30(20(18)3)22-9-7-8-10-22)44-39(48)26-14-12-24-31-25(13-15-27(32(26)31)40(44)49)36(46)33(35(24)45)37-41-29-16-11-23(43(5)6)17-28(29)38(47)42-37/h7-9,11-17,33H,10H2,1-6H3,(H,41,42,47). The van der Waals surface area contributed by atoms with E-state index in [1.807, 2.05) is 64.1 Å². The first-order chi connectivity index (χ1) is 23.4. The van der Waals surface area contributed by atoms with Crippen LogP contribution in [-0.2, 0) is 0 Å². The Morgan fingerprint density at radius 3 is 1.94 bits per heavy atom. The van der Waals surface area contributed by atoms with Gasteiger partial charge in [-0.25, -0.2) is 9.88 Å². The Kier molecular flexibility index (Phi) is 6.52. The van der Waals surface area contributed by atoms with Crippen molar-refractivity contribution in [2.24, 2.45) is 0 Å². The zero-order valence-electron chi connectivity index (χ0n) is 27.9. The summed E-state index contributed by atoms with van der Waals surface area (Å²) in [5, 5.41) is 0.903. The molecule has 1 N–H and O–H groups in total. The van der Waals surface area contributed by atoms with Gasteiger partial charge in [0, 0.05) is 58.4 Å². The maximum atomic E-state index is 14.5. The molecule has 9 heteroatoms. The maximum absolute atomic E-state index is 14.5. The number of hydrogen-bond acceptors (Lipinski definition) is 7. The van der Waals surface area contributed by atoms with Gasteiger partial charge in [0.15, 0.2) is 11.6 Å². The van der Waals surface area contributed by atoms with Gasteiger partial charge in [-0.2, -0.15) is 0 Å². The molecule has 0 spiro atoms. The van der Waals surface area contributed by atoms with Gasteiger partial charge >= 0.3 is 0 Å². The van der Waals surface area contributed by atoms with Crippen LogP contribution in [0.15, 0.2) is 65.5 Å². The van der Waals surface area contributed by atoms with Crippen LogP contribution in [0.1, 0.15) is 87.4 Å². The number of nitrogens with one attached hydrogen (secondary N) is 1. The Bertz CT molecular complexity index is 2480. The lowest BCUT2D eigenvalue weighted by atomic mass is 9.76. The largest absolute Gasteiger partial charge is 0.378 e. The number of hydrogen-bond donors (Lipinski definition) is 1. The van der Waals surface area contributed by atoms with Crippen molar-refractivity contribution >= 4 is 62.0 Å². The highest BCUT2D eigenvalue weighted by molar-refractivity contribution is 6.41. The number of aromatic amines is 1. The zero-order valence-corrected chi connectivity index (χ0v) is 27.9. The third-order valence-corrected chi connectivity index (χ3v) is 10.6. The van der Waals surface area contributed by atoms with Crippen molar-refractivity contribution in [3.05, 3.63) is 127 Å². The van der Waals surface area contributed by atoms with Crippen molar-refractivity contribution in [2.45, 2.75) is 40.0 Å². The minimum Gasteiger partial charge on any atom is -0.378 e. The summed E-state index contributed by atoms with van der Waals surface area (Å²) >= 11 is 0. The Labute approximate surface area is 281 Å². The second kappa shape index (κ2) is 10.5. The molecule has 49 heavy (non-hydrogen) atoms. The molecule has 0 saturated heterocycles. The van der Waals surface area contributed by atoms with Crippen molar-refractivity contribution < 1.29 is 19.2 Å². The molecule has 0 unspecified atom stereocenters. The number of ketones is 2. The van der Waals surface area contributed by atoms with Crippen LogP contribution in [0, 0.1) is 27.7 Å². The molecule has 0 atom stereocenters. The lowest BCUT2D eigenvalue weighted by molar-refractivity contribution is 0.0842. The van der Waals surface area contributed by atoms with Crippen LogP contribution >= 0.6 is 0 Å². The first-order valence-electron chi connectivity index (χ1n) is 16.1. The Hall–Kier alpha value is -5.96. The van der Waals surface area contributed by atoms with E-state index in [2.05, 4.69) is 16.9 Å². The topological polar surface area (TPSA) is 121 Å². The molecule has 4 aromatic carbocycles. The number of benzene rings is 4. The van der Waals surface area contributed by atoms with E-state index in [9.17, 15) is 24.0 Å². The predicted molar refractivity (Wildman–Crippen MR) is 190 cm³/mol. The lowest BCUT2D eigenvalue weighted by Crippen LogP contribution is -2.42. The van der Waals surface area contributed by atoms with E-state index in [1.165, 1.54) is 4.90 Å². The molecule has 0 bridgehead atoms. The normalized spacial score (nSPS) is 15.6. The van der Waals surface area contributed by atoms with E-state index in [1.54, 1.807) is 36.4 Å². The number of aromatic nitrogens is 2. The number of nitrogens with zero attached hydrogens (tertiary/aromatic N) is 3. The summed E-state index contributed by atoms with van der Waals surface area (Å²) in [6, 6.07) is 11.4. The zero-order chi connectivity index (χ0) is 34.6. The molecule has 0 radical (unpaired) electrons. The molecule has 1 aliphatic heterocycles. The first-order valence-corrected chi connectivity index (χ1v) is 16.1. The molecule has 2 amide bonds. The van der Waals surface area contributed by atoms with E-state index in [4.69, 9.17) is 0 Å². The number of anilines is 2. The number of H-pyrrole nitrogens is 1. The van der Waals surface area contributed by atoms with Crippen molar-refractivity contribution in [3.8, 4) is 0 Å². The molecular formula is C40H32N4O5. The molecule has 1 aromatic heterocycles. The summed E-state index contributed by atoms with van der Waals surface area (Å²) in [4.78, 5) is 80.8. The second-order valence-electron chi connectivity index (χ2n) is 13.3. The number of allylic oxidation sites excluding steroid dienone is 4. The van der Waals surface area contributed by atoms with E-state index in [-0.39, 0.29) is 33.5 Å². The van der Waals surface area contributed by atoms with Crippen LogP contribution in [0.2, 0.25) is 0 Å². The Morgan fingerprint density at radius 2 is 1.35 bits per heavy atom. The van der Waals surface area contributed by atoms with Gasteiger partial charge in [-0.05, 0) is 104 Å². The molecule has 242 valence electrons. The summed E-state index contributed by atoms with van der Waals surface area (Å²) in [5.41, 5.74) is 7.96. The van der Waals surface area contributed by atoms with Crippen LogP contribution in [0.25, 0.3) is 27.2 Å². The predicted octanol–water partition coefficient (Wildman–Crippen LogP) is 6.68. The number of amides is 2. The van der Waals surface area contributed by atoms with Crippen molar-refractivity contribution in [1.82, 2.24) is 9.97 Å². The minimum absolute atomic E-state index is 0.0497. The SMILES string of the molecule is Cc1c(C)c(C)c(N2C(=O)c3ccc4c5c(ccc(c35)C2=O)C(=O)C(c2nc3ccc(N(C)C)cc3c(=O)[nH]2)C4=O)c(C2=CC=CC2)c1C. The van der Waals surface area contributed by atoms with Gasteiger partial charge in [0.05, 0.1) is 16.6 Å². The third kappa shape index (κ3) is 4.11. The number of rotatable bonds is 4. The number of carbonyl (C=O) groups is 4. The summed E-state index contributed by atoms with van der Waals surface area (Å²) in [6.07, 6.45) is 6.73. The molecule has 9 nitrogen and oxygen atoms in total. The fourth-order valence-corrected chi connectivity index (χ4v) is 7.63. The van der Waals surface area contributed by atoms with Gasteiger partial charge in [-0.15, -0.1) is 0 Å². The van der Waals surface area contributed by atoms with Crippen molar-refractivity contribution in [1.29, 1.82) is 0 Å². The average molecular weight is 649 g/mol. The molecule has 8 rings (SSSR count). The molecule has 2 aliphatic carbocycles. The summed E-state index contributed by atoms with van der Waals surface area (Å²) < 4.78 is 0. The van der Waals surface area contributed by atoms with Gasteiger partial charge in [-0.1, -0.05) is 18.2 Å². The second-order valence-corrected chi connectivity index (χ2v) is 13.3. The van der Waals surface area contributed by atoms with Crippen LogP contribution < -0.4 is 15.4 Å². The lowest BCUT2D eigenvalue weighted by Gasteiger charge is -2.33. The Balaban J connectivity index is 1.28. The van der Waals surface area contributed by atoms with Crippen LogP contribution in [0.4, 0.5) is 11.4 Å². The first kappa shape index (κ1) is 30.4. The fraction of sp³-hybridized carbons (Fsp3) is 0.200. The van der Waals surface area contributed by atoms with Gasteiger partial charge in [0.2, 0.25) is 0 Å². The summed E-state index contributed by atoms with van der Waals surface area (Å²) in [6.45, 7) is 8.00. The molecule has 0 saturated carbocycles. The quantitative estimate of drug-likeness (QED) is 0.170. The molecular weight excluding hydrogens is 616 g/mol. The number of imide groups is 1. The van der Waals surface area contributed by atoms with E-state index >= 15 is 0 Å². The molecule has 5 aromatic rings. The van der Waals surface area contributed by atoms with Crippen molar-refractivity contribution in [3.63, 3.8) is 0 Å². The van der Waals surface area contributed by atoms with Gasteiger partial charge in [0.1, 0.15) is 11.7 Å². The van der Waals surface area contributed by atoms with Gasteiger partial charge < -0.3 is 9.88 Å². The molecule has 3 aliphatic rings. The number of Topliss-reactive ketones (excluding diaryl/α,β-unsaturated/α-hetero) is 2. The monoisotopic (exact) mass is 648 g/mol. The van der Waals surface area contributed by atoms with Crippen LogP contribution in [0.5, 0.6) is 0 Å². The number of carbonyl (C=O) groups excluding carboxylic acids is 4. The van der Waals surface area contributed by atoms with Crippen molar-refractivity contribution in [2.75, 3.05) is 23.9 Å². The fourth-order valence-electron chi connectivity index (χ4n) is 7.63. The van der Waals surface area contributed by atoms with Gasteiger partial charge in [-0.3, -0.25) is 24.0 Å². The van der Waals surface area contributed by atoms with E-state index in [0.717, 1.165) is 39.1 Å². The summed E-state index contributed by atoms with van der Waals surface area (Å²) in [7, 11) is 3.72. The van der Waals surface area contributed by atoms with E-state index < -0.39 is 34.9 Å².